The maximum Gasteiger partial charge on any atom is 0.136 e. The van der Waals surface area contributed by atoms with Gasteiger partial charge in [-0.25, -0.2) is 9.97 Å². The lowest BCUT2D eigenvalue weighted by molar-refractivity contribution is 0.669. The average molecular weight is 792 g/mol. The maximum absolute atomic E-state index is 6.45. The van der Waals surface area contributed by atoms with Crippen LogP contribution < -0.4 is 0 Å². The molecule has 4 heteroatoms. The fourth-order valence-electron chi connectivity index (χ4n) is 9.09. The summed E-state index contributed by atoms with van der Waals surface area (Å²) in [5, 5.41) is 4.58. The minimum absolute atomic E-state index is 0.880. The molecule has 4 aromatic heterocycles. The minimum Gasteiger partial charge on any atom is -0.456 e. The molecular weight excluding hydrogens is 755 g/mol. The second-order valence-electron chi connectivity index (χ2n) is 15.7. The summed E-state index contributed by atoms with van der Waals surface area (Å²) in [6.45, 7) is 0. The molecule has 0 saturated carbocycles. The van der Waals surface area contributed by atoms with E-state index in [0.717, 1.165) is 106 Å². The van der Waals surface area contributed by atoms with Crippen LogP contribution in [0.3, 0.4) is 0 Å². The molecule has 290 valence electrons. The second kappa shape index (κ2) is 14.7. The van der Waals surface area contributed by atoms with Crippen molar-refractivity contribution in [3.05, 3.63) is 224 Å². The predicted molar refractivity (Wildman–Crippen MR) is 256 cm³/mol. The number of aromatic nitrogens is 3. The molecule has 4 heterocycles. The smallest absolute Gasteiger partial charge is 0.136 e. The zero-order valence-electron chi connectivity index (χ0n) is 33.6. The van der Waals surface area contributed by atoms with E-state index in [0.29, 0.717) is 0 Å². The molecule has 0 aliphatic carbocycles. The highest BCUT2D eigenvalue weighted by Crippen LogP contribution is 2.44. The van der Waals surface area contributed by atoms with Gasteiger partial charge >= 0.3 is 0 Å². The highest BCUT2D eigenvalue weighted by molar-refractivity contribution is 6.27. The molecule has 0 spiro atoms. The van der Waals surface area contributed by atoms with Crippen LogP contribution in [0.15, 0.2) is 229 Å². The Morgan fingerprint density at radius 3 is 1.42 bits per heavy atom. The molecule has 0 N–H and O–H groups in total. The van der Waals surface area contributed by atoms with Crippen molar-refractivity contribution >= 4 is 43.7 Å². The molecular formula is C58H37N3O. The number of fused-ring (bicyclic) bond motifs is 7. The summed E-state index contributed by atoms with van der Waals surface area (Å²) in [4.78, 5) is 10.7. The second-order valence-corrected chi connectivity index (χ2v) is 15.7. The van der Waals surface area contributed by atoms with E-state index in [-0.39, 0.29) is 0 Å². The summed E-state index contributed by atoms with van der Waals surface area (Å²) in [5.74, 6) is 0. The molecule has 0 unspecified atom stereocenters. The summed E-state index contributed by atoms with van der Waals surface area (Å²) in [5.41, 5.74) is 17.2. The van der Waals surface area contributed by atoms with Crippen molar-refractivity contribution in [1.82, 2.24) is 14.5 Å². The molecule has 12 aromatic rings. The highest BCUT2D eigenvalue weighted by Gasteiger charge is 2.22. The molecule has 62 heavy (non-hydrogen) atoms. The quantitative estimate of drug-likeness (QED) is 0.161. The topological polar surface area (TPSA) is 43.9 Å². The number of para-hydroxylation sites is 2. The van der Waals surface area contributed by atoms with Crippen molar-refractivity contribution in [1.29, 1.82) is 0 Å². The van der Waals surface area contributed by atoms with Gasteiger partial charge in [0.2, 0.25) is 0 Å². The van der Waals surface area contributed by atoms with Gasteiger partial charge in [-0.3, -0.25) is 0 Å². The lowest BCUT2D eigenvalue weighted by atomic mass is 9.95. The minimum atomic E-state index is 0.880. The molecule has 12 rings (SSSR count). The van der Waals surface area contributed by atoms with E-state index in [1.807, 2.05) is 12.1 Å². The Balaban J connectivity index is 1.17. The van der Waals surface area contributed by atoms with Gasteiger partial charge in [0.05, 0.1) is 39.5 Å². The number of pyridine rings is 2. The molecule has 0 saturated heterocycles. The molecule has 8 aromatic carbocycles. The van der Waals surface area contributed by atoms with Gasteiger partial charge in [-0.15, -0.1) is 0 Å². The number of furan rings is 1. The van der Waals surface area contributed by atoms with Crippen LogP contribution in [0.5, 0.6) is 0 Å². The van der Waals surface area contributed by atoms with E-state index < -0.39 is 0 Å². The van der Waals surface area contributed by atoms with E-state index in [1.54, 1.807) is 0 Å². The Morgan fingerprint density at radius 1 is 0.306 bits per heavy atom. The largest absolute Gasteiger partial charge is 0.456 e. The average Bonchev–Trinajstić information content (AvgIpc) is 3.90. The predicted octanol–water partition coefficient (Wildman–Crippen LogP) is 15.5. The van der Waals surface area contributed by atoms with Crippen molar-refractivity contribution in [2.75, 3.05) is 0 Å². The Kier molecular flexibility index (Phi) is 8.46. The number of hydrogen-bond acceptors (Lipinski definition) is 3. The third-order valence-corrected chi connectivity index (χ3v) is 12.0. The van der Waals surface area contributed by atoms with Gasteiger partial charge in [-0.05, 0) is 77.4 Å². The molecule has 0 amide bonds. The van der Waals surface area contributed by atoms with Crippen molar-refractivity contribution in [2.24, 2.45) is 0 Å². The lowest BCUT2D eigenvalue weighted by Gasteiger charge is -2.18. The summed E-state index contributed by atoms with van der Waals surface area (Å²) in [7, 11) is 0. The van der Waals surface area contributed by atoms with E-state index in [2.05, 4.69) is 217 Å². The number of hydrogen-bond donors (Lipinski definition) is 0. The van der Waals surface area contributed by atoms with E-state index in [4.69, 9.17) is 14.4 Å². The standard InChI is InChI=1S/C58H37N3O/c1-5-17-38(18-6-1)43-34-48(39-19-7-2-8-20-39)60-51(35-43)42-29-30-53(47(33-42)44-36-49(40-21-9-3-10-22-40)59-50(37-44)41-23-11-4-12-24-41)61-52-27-15-13-25-45(52)57-54(61)31-32-56-58(57)46-26-14-16-28-55(46)62-56/h1-37H. The first-order chi connectivity index (χ1) is 30.7. The van der Waals surface area contributed by atoms with Crippen LogP contribution in [0.1, 0.15) is 0 Å². The van der Waals surface area contributed by atoms with Crippen LogP contribution in [-0.4, -0.2) is 14.5 Å². The van der Waals surface area contributed by atoms with E-state index in [1.165, 1.54) is 10.8 Å². The number of benzene rings is 8. The fourth-order valence-corrected chi connectivity index (χ4v) is 9.09. The van der Waals surface area contributed by atoms with E-state index >= 15 is 0 Å². The molecule has 0 fully saturated rings. The van der Waals surface area contributed by atoms with E-state index in [9.17, 15) is 0 Å². The first-order valence-corrected chi connectivity index (χ1v) is 21.0. The van der Waals surface area contributed by atoms with Gasteiger partial charge < -0.3 is 8.98 Å². The molecule has 0 radical (unpaired) electrons. The number of rotatable bonds is 7. The normalized spacial score (nSPS) is 11.5. The maximum atomic E-state index is 6.45. The number of nitrogens with zero attached hydrogens (tertiary/aromatic N) is 3. The van der Waals surface area contributed by atoms with Gasteiger partial charge in [0.15, 0.2) is 0 Å². The van der Waals surface area contributed by atoms with Gasteiger partial charge in [-0.1, -0.05) is 164 Å². The summed E-state index contributed by atoms with van der Waals surface area (Å²) in [6.07, 6.45) is 0. The van der Waals surface area contributed by atoms with Gasteiger partial charge in [0, 0.05) is 49.4 Å². The van der Waals surface area contributed by atoms with Crippen LogP contribution in [0.2, 0.25) is 0 Å². The molecule has 0 aliphatic rings. The first-order valence-electron chi connectivity index (χ1n) is 21.0. The summed E-state index contributed by atoms with van der Waals surface area (Å²) >= 11 is 0. The van der Waals surface area contributed by atoms with Crippen LogP contribution in [0.25, 0.3) is 117 Å². The summed E-state index contributed by atoms with van der Waals surface area (Å²) in [6, 6.07) is 79.1. The lowest BCUT2D eigenvalue weighted by Crippen LogP contribution is -2.00. The van der Waals surface area contributed by atoms with Crippen LogP contribution >= 0.6 is 0 Å². The van der Waals surface area contributed by atoms with Gasteiger partial charge in [-0.2, -0.15) is 0 Å². The van der Waals surface area contributed by atoms with Gasteiger partial charge in [0.25, 0.3) is 0 Å². The Labute approximate surface area is 358 Å². The Bertz CT molecular complexity index is 3490. The van der Waals surface area contributed by atoms with Crippen molar-refractivity contribution in [2.45, 2.75) is 0 Å². The fraction of sp³-hybridized carbons (Fsp3) is 0. The molecule has 0 atom stereocenters. The van der Waals surface area contributed by atoms with Crippen molar-refractivity contribution in [3.63, 3.8) is 0 Å². The highest BCUT2D eigenvalue weighted by atomic mass is 16.3. The van der Waals surface area contributed by atoms with Crippen LogP contribution in [-0.2, 0) is 0 Å². The van der Waals surface area contributed by atoms with Crippen molar-refractivity contribution in [3.8, 4) is 73.0 Å². The molecule has 4 nitrogen and oxygen atoms in total. The monoisotopic (exact) mass is 791 g/mol. The Hall–Kier alpha value is -8.34. The third kappa shape index (κ3) is 6.08. The molecule has 0 bridgehead atoms. The van der Waals surface area contributed by atoms with Crippen LogP contribution in [0, 0.1) is 0 Å². The SMILES string of the molecule is c1ccc(-c2cc(-c3ccccc3)nc(-c3ccc(-n4c5ccccc5c5c6c(ccc54)oc4ccccc46)c(-c4cc(-c5ccccc5)nc(-c5ccccc5)c4)c3)c2)cc1. The zero-order chi connectivity index (χ0) is 41.0. The Morgan fingerprint density at radius 2 is 0.806 bits per heavy atom. The van der Waals surface area contributed by atoms with Crippen molar-refractivity contribution < 1.29 is 4.42 Å². The molecule has 0 aliphatic heterocycles. The third-order valence-electron chi connectivity index (χ3n) is 12.0. The summed E-state index contributed by atoms with van der Waals surface area (Å²) < 4.78 is 8.88. The zero-order valence-corrected chi connectivity index (χ0v) is 33.6. The van der Waals surface area contributed by atoms with Crippen LogP contribution in [0.4, 0.5) is 0 Å². The van der Waals surface area contributed by atoms with Gasteiger partial charge in [0.1, 0.15) is 11.2 Å². The first kappa shape index (κ1) is 35.6.